The number of hydrogen-bond acceptors (Lipinski definition) is 2. The standard InChI is InChI=1S/C12H17BrN2/c13-10-3-1-9(2-4-10)12(15)7-5-11(14)6-8-12/h1-4,11H,5-8,14-15H2. The maximum absolute atomic E-state index is 6.42. The summed E-state index contributed by atoms with van der Waals surface area (Å²) in [5.41, 5.74) is 13.4. The molecule has 4 N–H and O–H groups in total. The van der Waals surface area contributed by atoms with Crippen LogP contribution in [0.2, 0.25) is 0 Å². The van der Waals surface area contributed by atoms with Crippen LogP contribution < -0.4 is 11.5 Å². The second kappa shape index (κ2) is 4.24. The molecule has 1 fully saturated rings. The van der Waals surface area contributed by atoms with Gasteiger partial charge in [-0.3, -0.25) is 0 Å². The predicted molar refractivity (Wildman–Crippen MR) is 66.5 cm³/mol. The minimum Gasteiger partial charge on any atom is -0.328 e. The molecule has 0 bridgehead atoms. The van der Waals surface area contributed by atoms with Crippen molar-refractivity contribution in [3.63, 3.8) is 0 Å². The summed E-state index contributed by atoms with van der Waals surface area (Å²) >= 11 is 3.44. The highest BCUT2D eigenvalue weighted by Crippen LogP contribution is 2.34. The summed E-state index contributed by atoms with van der Waals surface area (Å²) in [5.74, 6) is 0. The van der Waals surface area contributed by atoms with Crippen molar-refractivity contribution in [2.24, 2.45) is 11.5 Å². The van der Waals surface area contributed by atoms with Crippen LogP contribution in [0, 0.1) is 0 Å². The van der Waals surface area contributed by atoms with Gasteiger partial charge in [0.15, 0.2) is 0 Å². The second-order valence-electron chi connectivity index (χ2n) is 4.50. The largest absolute Gasteiger partial charge is 0.328 e. The smallest absolute Gasteiger partial charge is 0.0410 e. The van der Waals surface area contributed by atoms with Gasteiger partial charge in [0.2, 0.25) is 0 Å². The molecule has 0 amide bonds. The van der Waals surface area contributed by atoms with E-state index in [-0.39, 0.29) is 5.54 Å². The maximum atomic E-state index is 6.42. The van der Waals surface area contributed by atoms with Gasteiger partial charge in [-0.05, 0) is 43.4 Å². The highest BCUT2D eigenvalue weighted by atomic mass is 79.9. The average molecular weight is 269 g/mol. The van der Waals surface area contributed by atoms with E-state index < -0.39 is 0 Å². The van der Waals surface area contributed by atoms with Gasteiger partial charge in [0.05, 0.1) is 0 Å². The zero-order chi connectivity index (χ0) is 10.9. The third-order valence-electron chi connectivity index (χ3n) is 3.34. The first-order valence-corrected chi connectivity index (χ1v) is 6.20. The number of hydrogen-bond donors (Lipinski definition) is 2. The van der Waals surface area contributed by atoms with Crippen molar-refractivity contribution < 1.29 is 0 Å². The average Bonchev–Trinajstić information content (AvgIpc) is 2.24. The molecular formula is C12H17BrN2. The van der Waals surface area contributed by atoms with Crippen LogP contribution in [-0.2, 0) is 5.54 Å². The molecule has 82 valence electrons. The Bertz CT molecular complexity index is 326. The van der Waals surface area contributed by atoms with E-state index in [1.165, 1.54) is 5.56 Å². The number of nitrogens with two attached hydrogens (primary N) is 2. The van der Waals surface area contributed by atoms with Crippen molar-refractivity contribution in [1.29, 1.82) is 0 Å². The highest BCUT2D eigenvalue weighted by Gasteiger charge is 2.31. The van der Waals surface area contributed by atoms with Crippen LogP contribution in [-0.4, -0.2) is 6.04 Å². The third-order valence-corrected chi connectivity index (χ3v) is 3.87. The lowest BCUT2D eigenvalue weighted by molar-refractivity contribution is 0.277. The topological polar surface area (TPSA) is 52.0 Å². The molecule has 1 aromatic carbocycles. The molecule has 2 rings (SSSR count). The third kappa shape index (κ3) is 2.41. The Kier molecular flexibility index (Phi) is 3.14. The van der Waals surface area contributed by atoms with E-state index >= 15 is 0 Å². The lowest BCUT2D eigenvalue weighted by Crippen LogP contribution is -2.43. The first kappa shape index (κ1) is 11.1. The molecule has 0 saturated heterocycles. The number of halogens is 1. The zero-order valence-corrected chi connectivity index (χ0v) is 10.3. The molecule has 15 heavy (non-hydrogen) atoms. The summed E-state index contributed by atoms with van der Waals surface area (Å²) in [5, 5.41) is 0. The fourth-order valence-electron chi connectivity index (χ4n) is 2.23. The van der Waals surface area contributed by atoms with Crippen molar-refractivity contribution in [2.45, 2.75) is 37.3 Å². The van der Waals surface area contributed by atoms with Gasteiger partial charge in [0.25, 0.3) is 0 Å². The van der Waals surface area contributed by atoms with E-state index in [0.717, 1.165) is 30.2 Å². The van der Waals surface area contributed by atoms with Crippen LogP contribution in [0.15, 0.2) is 28.7 Å². The van der Waals surface area contributed by atoms with Gasteiger partial charge in [-0.25, -0.2) is 0 Å². The van der Waals surface area contributed by atoms with Gasteiger partial charge < -0.3 is 11.5 Å². The van der Waals surface area contributed by atoms with E-state index in [2.05, 4.69) is 40.2 Å². The Hall–Kier alpha value is -0.380. The lowest BCUT2D eigenvalue weighted by Gasteiger charge is -2.36. The van der Waals surface area contributed by atoms with Crippen molar-refractivity contribution in [1.82, 2.24) is 0 Å². The molecule has 0 aliphatic heterocycles. The molecule has 0 atom stereocenters. The summed E-state index contributed by atoms with van der Waals surface area (Å²) in [7, 11) is 0. The quantitative estimate of drug-likeness (QED) is 0.823. The lowest BCUT2D eigenvalue weighted by atomic mass is 9.76. The van der Waals surface area contributed by atoms with E-state index in [1.54, 1.807) is 0 Å². The Morgan fingerprint density at radius 1 is 1.13 bits per heavy atom. The van der Waals surface area contributed by atoms with Crippen molar-refractivity contribution >= 4 is 15.9 Å². The van der Waals surface area contributed by atoms with Crippen LogP contribution in [0.3, 0.4) is 0 Å². The van der Waals surface area contributed by atoms with Crippen molar-refractivity contribution in [2.75, 3.05) is 0 Å². The normalized spacial score (nSPS) is 31.5. The molecule has 0 aromatic heterocycles. The fraction of sp³-hybridized carbons (Fsp3) is 0.500. The van der Waals surface area contributed by atoms with Gasteiger partial charge in [0, 0.05) is 16.1 Å². The van der Waals surface area contributed by atoms with E-state index in [1.807, 2.05) is 0 Å². The summed E-state index contributed by atoms with van der Waals surface area (Å²) in [6.45, 7) is 0. The Morgan fingerprint density at radius 3 is 2.20 bits per heavy atom. The summed E-state index contributed by atoms with van der Waals surface area (Å²) in [6.07, 6.45) is 4.06. The molecule has 2 nitrogen and oxygen atoms in total. The van der Waals surface area contributed by atoms with E-state index in [9.17, 15) is 0 Å². The van der Waals surface area contributed by atoms with Crippen LogP contribution in [0.1, 0.15) is 31.2 Å². The molecule has 0 heterocycles. The minimum absolute atomic E-state index is 0.156. The zero-order valence-electron chi connectivity index (χ0n) is 8.75. The summed E-state index contributed by atoms with van der Waals surface area (Å²) in [4.78, 5) is 0. The molecule has 1 aromatic rings. The molecule has 0 radical (unpaired) electrons. The molecule has 1 aliphatic carbocycles. The fourth-order valence-corrected chi connectivity index (χ4v) is 2.49. The number of benzene rings is 1. The molecular weight excluding hydrogens is 252 g/mol. The van der Waals surface area contributed by atoms with Crippen LogP contribution >= 0.6 is 15.9 Å². The predicted octanol–water partition coefficient (Wildman–Crippen LogP) is 2.50. The van der Waals surface area contributed by atoms with Gasteiger partial charge >= 0.3 is 0 Å². The molecule has 3 heteroatoms. The van der Waals surface area contributed by atoms with Gasteiger partial charge in [-0.1, -0.05) is 28.1 Å². The second-order valence-corrected chi connectivity index (χ2v) is 5.42. The Labute approximate surface area is 99.2 Å². The SMILES string of the molecule is NC1CCC(N)(c2ccc(Br)cc2)CC1. The molecule has 1 aliphatic rings. The van der Waals surface area contributed by atoms with Gasteiger partial charge in [-0.15, -0.1) is 0 Å². The van der Waals surface area contributed by atoms with Crippen LogP contribution in [0.4, 0.5) is 0 Å². The molecule has 0 spiro atoms. The summed E-state index contributed by atoms with van der Waals surface area (Å²) in [6, 6.07) is 8.68. The Morgan fingerprint density at radius 2 is 1.67 bits per heavy atom. The monoisotopic (exact) mass is 268 g/mol. The maximum Gasteiger partial charge on any atom is 0.0410 e. The molecule has 0 unspecified atom stereocenters. The first-order valence-electron chi connectivity index (χ1n) is 5.41. The van der Waals surface area contributed by atoms with Gasteiger partial charge in [0.1, 0.15) is 0 Å². The van der Waals surface area contributed by atoms with Crippen molar-refractivity contribution in [3.05, 3.63) is 34.3 Å². The van der Waals surface area contributed by atoms with E-state index in [4.69, 9.17) is 11.5 Å². The molecule has 1 saturated carbocycles. The number of rotatable bonds is 1. The van der Waals surface area contributed by atoms with Gasteiger partial charge in [-0.2, -0.15) is 0 Å². The Balaban J connectivity index is 2.18. The summed E-state index contributed by atoms with van der Waals surface area (Å²) < 4.78 is 1.10. The van der Waals surface area contributed by atoms with Crippen LogP contribution in [0.5, 0.6) is 0 Å². The minimum atomic E-state index is -0.156. The van der Waals surface area contributed by atoms with Crippen LogP contribution in [0.25, 0.3) is 0 Å². The van der Waals surface area contributed by atoms with E-state index in [0.29, 0.717) is 6.04 Å². The van der Waals surface area contributed by atoms with Crippen molar-refractivity contribution in [3.8, 4) is 0 Å². The highest BCUT2D eigenvalue weighted by molar-refractivity contribution is 9.10. The first-order chi connectivity index (χ1) is 7.10.